The Morgan fingerprint density at radius 1 is 1.06 bits per heavy atom. The van der Waals surface area contributed by atoms with Crippen molar-refractivity contribution in [2.24, 2.45) is 0 Å². The third kappa shape index (κ3) is 4.62. The van der Waals surface area contributed by atoms with E-state index in [4.69, 9.17) is 25.5 Å². The molecule has 4 rings (SSSR count). The Morgan fingerprint density at radius 3 is 2.28 bits per heavy atom. The number of aromatic nitrogens is 1. The van der Waals surface area contributed by atoms with Crippen LogP contribution in [0, 0.1) is 0 Å². The predicted molar refractivity (Wildman–Crippen MR) is 122 cm³/mol. The van der Waals surface area contributed by atoms with Gasteiger partial charge in [0.2, 0.25) is 26.6 Å². The molecule has 1 saturated heterocycles. The summed E-state index contributed by atoms with van der Waals surface area (Å²) < 4.78 is 44.4. The van der Waals surface area contributed by atoms with Crippen LogP contribution < -0.4 is 9.64 Å². The van der Waals surface area contributed by atoms with Gasteiger partial charge < -0.3 is 18.8 Å². The molecular formula is C23H25ClN2O5S. The number of hydrogen-bond donors (Lipinski definition) is 0. The Kier molecular flexibility index (Phi) is 6.46. The molecule has 2 heterocycles. The maximum absolute atomic E-state index is 13.5. The van der Waals surface area contributed by atoms with Crippen LogP contribution in [-0.2, 0) is 14.6 Å². The number of halogens is 1. The Labute approximate surface area is 192 Å². The van der Waals surface area contributed by atoms with Gasteiger partial charge in [0.25, 0.3) is 0 Å². The summed E-state index contributed by atoms with van der Waals surface area (Å²) in [5, 5.41) is 0.334. The highest BCUT2D eigenvalue weighted by atomic mass is 35.5. The van der Waals surface area contributed by atoms with E-state index in [1.54, 1.807) is 36.4 Å². The monoisotopic (exact) mass is 476 g/mol. The summed E-state index contributed by atoms with van der Waals surface area (Å²) in [5.74, 6) is 1.15. The molecule has 0 spiro atoms. The van der Waals surface area contributed by atoms with Crippen LogP contribution in [0.1, 0.15) is 20.8 Å². The average molecular weight is 477 g/mol. The molecule has 1 fully saturated rings. The fraction of sp³-hybridized carbons (Fsp3) is 0.348. The summed E-state index contributed by atoms with van der Waals surface area (Å²) in [4.78, 5) is 6.42. The fourth-order valence-electron chi connectivity index (χ4n) is 3.73. The molecule has 2 aromatic carbocycles. The predicted octanol–water partition coefficient (Wildman–Crippen LogP) is 4.84. The minimum atomic E-state index is -3.95. The van der Waals surface area contributed by atoms with E-state index in [1.807, 2.05) is 25.7 Å². The van der Waals surface area contributed by atoms with Gasteiger partial charge in [-0.25, -0.2) is 8.42 Å². The smallest absolute Gasteiger partial charge is 0.236 e. The van der Waals surface area contributed by atoms with Crippen molar-refractivity contribution in [1.29, 1.82) is 0 Å². The second-order valence-electron chi connectivity index (χ2n) is 7.71. The molecule has 170 valence electrons. The third-order valence-electron chi connectivity index (χ3n) is 5.08. The summed E-state index contributed by atoms with van der Waals surface area (Å²) >= 11 is 5.95. The van der Waals surface area contributed by atoms with Crippen LogP contribution >= 0.6 is 11.6 Å². The quantitative estimate of drug-likeness (QED) is 0.503. The number of hydrogen-bond acceptors (Lipinski definition) is 7. The molecule has 0 radical (unpaired) electrons. The normalized spacial score (nSPS) is 19.2. The van der Waals surface area contributed by atoms with Gasteiger partial charge in [0.1, 0.15) is 5.75 Å². The largest absolute Gasteiger partial charge is 0.494 e. The van der Waals surface area contributed by atoms with Gasteiger partial charge in [0, 0.05) is 23.7 Å². The number of benzene rings is 2. The van der Waals surface area contributed by atoms with Gasteiger partial charge in [-0.1, -0.05) is 11.6 Å². The van der Waals surface area contributed by atoms with Crippen LogP contribution in [0.3, 0.4) is 0 Å². The second kappa shape index (κ2) is 9.13. The first-order chi connectivity index (χ1) is 15.3. The van der Waals surface area contributed by atoms with Crippen molar-refractivity contribution >= 4 is 27.3 Å². The van der Waals surface area contributed by atoms with Gasteiger partial charge in [0.05, 0.1) is 23.7 Å². The van der Waals surface area contributed by atoms with Crippen molar-refractivity contribution in [2.75, 3.05) is 24.6 Å². The van der Waals surface area contributed by atoms with Gasteiger partial charge in [-0.3, -0.25) is 0 Å². The van der Waals surface area contributed by atoms with Crippen molar-refractivity contribution in [3.8, 4) is 17.2 Å². The molecular weight excluding hydrogens is 452 g/mol. The number of nitrogens with zero attached hydrogens (tertiary/aromatic N) is 2. The van der Waals surface area contributed by atoms with E-state index >= 15 is 0 Å². The Hall–Kier alpha value is -2.55. The van der Waals surface area contributed by atoms with Gasteiger partial charge in [-0.05, 0) is 69.3 Å². The molecule has 32 heavy (non-hydrogen) atoms. The van der Waals surface area contributed by atoms with Gasteiger partial charge in [-0.2, -0.15) is 4.98 Å². The zero-order chi connectivity index (χ0) is 22.9. The number of ether oxygens (including phenoxy) is 2. The lowest BCUT2D eigenvalue weighted by Crippen LogP contribution is -2.45. The molecule has 0 N–H and O–H groups in total. The lowest BCUT2D eigenvalue weighted by atomic mass is 10.2. The zero-order valence-corrected chi connectivity index (χ0v) is 19.7. The van der Waals surface area contributed by atoms with Crippen LogP contribution in [0.2, 0.25) is 5.02 Å². The van der Waals surface area contributed by atoms with Crippen molar-refractivity contribution in [1.82, 2.24) is 4.98 Å². The first-order valence-corrected chi connectivity index (χ1v) is 12.3. The lowest BCUT2D eigenvalue weighted by Gasteiger charge is -2.35. The van der Waals surface area contributed by atoms with Crippen molar-refractivity contribution in [3.05, 3.63) is 53.6 Å². The number of rotatable bonds is 6. The maximum atomic E-state index is 13.5. The van der Waals surface area contributed by atoms with E-state index in [0.717, 1.165) is 0 Å². The van der Waals surface area contributed by atoms with Crippen LogP contribution in [0.5, 0.6) is 5.75 Å². The molecule has 7 nitrogen and oxygen atoms in total. The highest BCUT2D eigenvalue weighted by molar-refractivity contribution is 7.91. The van der Waals surface area contributed by atoms with E-state index in [2.05, 4.69) is 4.98 Å². The molecule has 1 aliphatic heterocycles. The van der Waals surface area contributed by atoms with Crippen LogP contribution in [0.4, 0.5) is 5.88 Å². The topological polar surface area (TPSA) is 81.9 Å². The molecule has 0 bridgehead atoms. The number of oxazole rings is 1. The van der Waals surface area contributed by atoms with Crippen LogP contribution in [-0.4, -0.2) is 45.3 Å². The molecule has 1 aromatic heterocycles. The van der Waals surface area contributed by atoms with Crippen molar-refractivity contribution in [2.45, 2.75) is 42.9 Å². The lowest BCUT2D eigenvalue weighted by molar-refractivity contribution is -0.00657. The summed E-state index contributed by atoms with van der Waals surface area (Å²) in [6, 6.07) is 13.2. The van der Waals surface area contributed by atoms with E-state index in [1.165, 1.54) is 12.1 Å². The second-order valence-corrected chi connectivity index (χ2v) is 10.0. The molecule has 0 aliphatic carbocycles. The van der Waals surface area contributed by atoms with E-state index in [0.29, 0.717) is 36.0 Å². The number of morpholine rings is 1. The number of sulfone groups is 1. The minimum absolute atomic E-state index is 0.0798. The molecule has 2 atom stereocenters. The van der Waals surface area contributed by atoms with E-state index in [9.17, 15) is 8.42 Å². The van der Waals surface area contributed by atoms with E-state index in [-0.39, 0.29) is 33.9 Å². The maximum Gasteiger partial charge on any atom is 0.236 e. The van der Waals surface area contributed by atoms with Gasteiger partial charge >= 0.3 is 0 Å². The summed E-state index contributed by atoms with van der Waals surface area (Å²) in [7, 11) is -3.95. The first kappa shape index (κ1) is 22.6. The molecule has 0 saturated carbocycles. The molecule has 9 heteroatoms. The Morgan fingerprint density at radius 2 is 1.69 bits per heavy atom. The zero-order valence-electron chi connectivity index (χ0n) is 18.1. The third-order valence-corrected chi connectivity index (χ3v) is 7.00. The fourth-order valence-corrected chi connectivity index (χ4v) is 5.17. The molecule has 1 aliphatic rings. The van der Waals surface area contributed by atoms with E-state index < -0.39 is 9.84 Å². The highest BCUT2D eigenvalue weighted by Gasteiger charge is 2.34. The van der Waals surface area contributed by atoms with Crippen LogP contribution in [0.15, 0.2) is 62.9 Å². The molecule has 3 aromatic rings. The number of anilines is 1. The summed E-state index contributed by atoms with van der Waals surface area (Å²) in [6.07, 6.45) is -0.160. The summed E-state index contributed by atoms with van der Waals surface area (Å²) in [6.45, 7) is 7.34. The SMILES string of the molecule is CCOc1ccc(-c2nc(S(=O)(=O)c3ccc(Cl)cc3)c(N3CC(C)OC(C)C3)o2)cc1. The summed E-state index contributed by atoms with van der Waals surface area (Å²) in [5.41, 5.74) is 0.654. The first-order valence-electron chi connectivity index (χ1n) is 10.4. The van der Waals surface area contributed by atoms with Crippen molar-refractivity contribution in [3.63, 3.8) is 0 Å². The standard InChI is InChI=1S/C23H25ClN2O5S/c1-4-29-19-9-5-17(6-10-19)21-25-22(32(27,28)20-11-7-18(24)8-12-20)23(31-21)26-13-15(2)30-16(3)14-26/h5-12,15-16H,4,13-14H2,1-3H3. The Balaban J connectivity index is 1.80. The van der Waals surface area contributed by atoms with Gasteiger partial charge in [-0.15, -0.1) is 0 Å². The molecule has 0 amide bonds. The Bertz CT molecular complexity index is 1170. The van der Waals surface area contributed by atoms with Gasteiger partial charge in [0.15, 0.2) is 0 Å². The minimum Gasteiger partial charge on any atom is -0.494 e. The van der Waals surface area contributed by atoms with Crippen molar-refractivity contribution < 1.29 is 22.3 Å². The van der Waals surface area contributed by atoms with Crippen LogP contribution in [0.25, 0.3) is 11.5 Å². The highest BCUT2D eigenvalue weighted by Crippen LogP contribution is 2.36. The molecule has 2 unspecified atom stereocenters. The average Bonchev–Trinajstić information content (AvgIpc) is 3.21.